The summed E-state index contributed by atoms with van der Waals surface area (Å²) >= 11 is 3.41. The molecule has 0 radical (unpaired) electrons. The second kappa shape index (κ2) is 3.42. The average molecular weight is 256 g/mol. The number of hydrogen-bond acceptors (Lipinski definition) is 3. The van der Waals surface area contributed by atoms with E-state index in [2.05, 4.69) is 51.5 Å². The zero-order valence-corrected chi connectivity index (χ0v) is 9.98. The quantitative estimate of drug-likeness (QED) is 0.749. The van der Waals surface area contributed by atoms with Crippen molar-refractivity contribution in [3.63, 3.8) is 0 Å². The van der Waals surface area contributed by atoms with Crippen LogP contribution in [0.1, 0.15) is 13.8 Å². The average Bonchev–Trinajstić information content (AvgIpc) is 2.26. The number of rotatable bonds is 0. The highest BCUT2D eigenvalue weighted by Gasteiger charge is 2.22. The first-order valence-electron chi connectivity index (χ1n) is 4.70. The summed E-state index contributed by atoms with van der Waals surface area (Å²) in [6.07, 6.45) is 1.81. The smallest absolute Gasteiger partial charge is 0.149 e. The maximum Gasteiger partial charge on any atom is 0.149 e. The van der Waals surface area contributed by atoms with E-state index in [4.69, 9.17) is 0 Å². The molecule has 2 heterocycles. The molecule has 3 nitrogen and oxygen atoms in total. The van der Waals surface area contributed by atoms with E-state index in [1.165, 1.54) is 0 Å². The van der Waals surface area contributed by atoms with Crippen LogP contribution in [0.15, 0.2) is 16.7 Å². The van der Waals surface area contributed by atoms with Gasteiger partial charge < -0.3 is 10.6 Å². The molecule has 0 atom stereocenters. The van der Waals surface area contributed by atoms with Gasteiger partial charge in [0.15, 0.2) is 0 Å². The first-order chi connectivity index (χ1) is 6.57. The number of anilines is 2. The Hall–Kier alpha value is -0.770. The van der Waals surface area contributed by atoms with Gasteiger partial charge in [0.05, 0.1) is 5.69 Å². The lowest BCUT2D eigenvalue weighted by molar-refractivity contribution is 0.423. The van der Waals surface area contributed by atoms with Crippen molar-refractivity contribution in [2.24, 2.45) is 5.41 Å². The first-order valence-corrected chi connectivity index (χ1v) is 5.49. The van der Waals surface area contributed by atoms with Gasteiger partial charge in [0.1, 0.15) is 5.82 Å². The summed E-state index contributed by atoms with van der Waals surface area (Å²) in [5.74, 6) is 0.943. The van der Waals surface area contributed by atoms with Crippen molar-refractivity contribution in [3.05, 3.63) is 16.7 Å². The monoisotopic (exact) mass is 255 g/mol. The molecular weight excluding hydrogens is 242 g/mol. The van der Waals surface area contributed by atoms with Crippen LogP contribution in [0.3, 0.4) is 0 Å². The van der Waals surface area contributed by atoms with E-state index in [0.717, 1.165) is 29.1 Å². The lowest BCUT2D eigenvalue weighted by Crippen LogP contribution is -2.27. The minimum absolute atomic E-state index is 0.257. The molecule has 0 aliphatic carbocycles. The molecule has 2 rings (SSSR count). The van der Waals surface area contributed by atoms with Gasteiger partial charge in [0.25, 0.3) is 0 Å². The molecule has 2 N–H and O–H groups in total. The summed E-state index contributed by atoms with van der Waals surface area (Å²) in [6, 6.07) is 2.05. The third-order valence-corrected chi connectivity index (χ3v) is 2.78. The van der Waals surface area contributed by atoms with Crippen molar-refractivity contribution in [1.29, 1.82) is 0 Å². The van der Waals surface area contributed by atoms with E-state index in [9.17, 15) is 0 Å². The Balaban J connectivity index is 2.30. The Morgan fingerprint density at radius 3 is 2.86 bits per heavy atom. The summed E-state index contributed by atoms with van der Waals surface area (Å²) < 4.78 is 1.00. The van der Waals surface area contributed by atoms with Crippen LogP contribution in [0.4, 0.5) is 11.5 Å². The number of hydrogen-bond donors (Lipinski definition) is 2. The normalized spacial score (nSPS) is 18.8. The Labute approximate surface area is 92.4 Å². The van der Waals surface area contributed by atoms with Crippen molar-refractivity contribution in [1.82, 2.24) is 4.98 Å². The summed E-state index contributed by atoms with van der Waals surface area (Å²) in [5.41, 5.74) is 1.33. The van der Waals surface area contributed by atoms with Gasteiger partial charge in [-0.3, -0.25) is 0 Å². The fourth-order valence-electron chi connectivity index (χ4n) is 1.43. The van der Waals surface area contributed by atoms with Gasteiger partial charge in [-0.05, 0) is 27.4 Å². The molecule has 0 aromatic carbocycles. The third-order valence-electron chi connectivity index (χ3n) is 2.35. The maximum absolute atomic E-state index is 4.32. The van der Waals surface area contributed by atoms with Gasteiger partial charge in [-0.25, -0.2) is 4.98 Å². The molecule has 1 aliphatic rings. The lowest BCUT2D eigenvalue weighted by atomic mass is 9.94. The highest BCUT2D eigenvalue weighted by Crippen LogP contribution is 2.29. The third kappa shape index (κ3) is 2.00. The minimum Gasteiger partial charge on any atom is -0.381 e. The van der Waals surface area contributed by atoms with Crippen LogP contribution in [0.25, 0.3) is 0 Å². The molecule has 1 aromatic heterocycles. The Morgan fingerprint density at radius 2 is 2.07 bits per heavy atom. The van der Waals surface area contributed by atoms with Crippen molar-refractivity contribution < 1.29 is 0 Å². The van der Waals surface area contributed by atoms with Crippen molar-refractivity contribution in [2.75, 3.05) is 23.7 Å². The highest BCUT2D eigenvalue weighted by atomic mass is 79.9. The number of aromatic nitrogens is 1. The van der Waals surface area contributed by atoms with E-state index in [1.54, 1.807) is 0 Å². The molecule has 76 valence electrons. The van der Waals surface area contributed by atoms with Crippen LogP contribution in [-0.4, -0.2) is 18.1 Å². The zero-order chi connectivity index (χ0) is 10.2. The molecule has 1 aromatic rings. The Bertz CT molecular complexity index is 349. The van der Waals surface area contributed by atoms with Gasteiger partial charge in [0.2, 0.25) is 0 Å². The van der Waals surface area contributed by atoms with Crippen LogP contribution in [0.2, 0.25) is 0 Å². The van der Waals surface area contributed by atoms with Crippen molar-refractivity contribution >= 4 is 27.4 Å². The van der Waals surface area contributed by atoms with E-state index >= 15 is 0 Å². The molecule has 0 saturated carbocycles. The molecule has 0 bridgehead atoms. The Kier molecular flexibility index (Phi) is 2.39. The SMILES string of the molecule is CC1(C)CNc2cc(Br)cnc2NC1. The standard InChI is InChI=1S/C10H14BrN3/c1-10(2)5-13-8-3-7(11)4-12-9(8)14-6-10/h3-4,13H,5-6H2,1-2H3,(H,12,14). The van der Waals surface area contributed by atoms with Crippen molar-refractivity contribution in [3.8, 4) is 0 Å². The second-order valence-electron chi connectivity index (χ2n) is 4.42. The van der Waals surface area contributed by atoms with Crippen LogP contribution < -0.4 is 10.6 Å². The predicted molar refractivity (Wildman–Crippen MR) is 62.7 cm³/mol. The summed E-state index contributed by atoms with van der Waals surface area (Å²) in [7, 11) is 0. The first kappa shape index (κ1) is 9.77. The molecule has 1 aliphatic heterocycles. The molecule has 14 heavy (non-hydrogen) atoms. The lowest BCUT2D eigenvalue weighted by Gasteiger charge is -2.21. The minimum atomic E-state index is 0.257. The largest absolute Gasteiger partial charge is 0.381 e. The van der Waals surface area contributed by atoms with Gasteiger partial charge in [-0.15, -0.1) is 0 Å². The van der Waals surface area contributed by atoms with Gasteiger partial charge in [0, 0.05) is 23.8 Å². The molecule has 0 unspecified atom stereocenters. The van der Waals surface area contributed by atoms with E-state index in [1.807, 2.05) is 6.20 Å². The van der Waals surface area contributed by atoms with Crippen LogP contribution in [0.5, 0.6) is 0 Å². The molecule has 0 amide bonds. The van der Waals surface area contributed by atoms with Crippen molar-refractivity contribution in [2.45, 2.75) is 13.8 Å². The highest BCUT2D eigenvalue weighted by molar-refractivity contribution is 9.10. The van der Waals surface area contributed by atoms with Crippen LogP contribution in [0, 0.1) is 5.41 Å². The number of fused-ring (bicyclic) bond motifs is 1. The fourth-order valence-corrected chi connectivity index (χ4v) is 1.77. The zero-order valence-electron chi connectivity index (χ0n) is 8.39. The summed E-state index contributed by atoms with van der Waals surface area (Å²) in [4.78, 5) is 4.32. The predicted octanol–water partition coefficient (Wildman–Crippen LogP) is 2.71. The van der Waals surface area contributed by atoms with Crippen LogP contribution in [-0.2, 0) is 0 Å². The fraction of sp³-hybridized carbons (Fsp3) is 0.500. The molecule has 0 spiro atoms. The maximum atomic E-state index is 4.32. The van der Waals surface area contributed by atoms with E-state index in [-0.39, 0.29) is 5.41 Å². The number of pyridine rings is 1. The van der Waals surface area contributed by atoms with E-state index < -0.39 is 0 Å². The molecular formula is C10H14BrN3. The van der Waals surface area contributed by atoms with Crippen LogP contribution >= 0.6 is 15.9 Å². The molecule has 0 saturated heterocycles. The van der Waals surface area contributed by atoms with Gasteiger partial charge in [-0.1, -0.05) is 13.8 Å². The topological polar surface area (TPSA) is 37.0 Å². The molecule has 4 heteroatoms. The Morgan fingerprint density at radius 1 is 1.36 bits per heavy atom. The molecule has 0 fully saturated rings. The summed E-state index contributed by atoms with van der Waals surface area (Å²) in [5, 5.41) is 6.75. The van der Waals surface area contributed by atoms with Gasteiger partial charge >= 0.3 is 0 Å². The van der Waals surface area contributed by atoms with Gasteiger partial charge in [-0.2, -0.15) is 0 Å². The number of nitrogens with zero attached hydrogens (tertiary/aromatic N) is 1. The van der Waals surface area contributed by atoms with E-state index in [0.29, 0.717) is 0 Å². The number of nitrogens with one attached hydrogen (secondary N) is 2. The number of halogens is 1. The summed E-state index contributed by atoms with van der Waals surface area (Å²) in [6.45, 7) is 6.37. The second-order valence-corrected chi connectivity index (χ2v) is 5.34.